The van der Waals surface area contributed by atoms with E-state index in [9.17, 15) is 9.36 Å². The van der Waals surface area contributed by atoms with Crippen molar-refractivity contribution >= 4 is 25.7 Å². The van der Waals surface area contributed by atoms with Gasteiger partial charge in [-0.25, -0.2) is 14.5 Å². The normalized spacial score (nSPS) is 11.8. The number of aromatic nitrogens is 3. The molecule has 13 heteroatoms. The van der Waals surface area contributed by atoms with Gasteiger partial charge >= 0.3 is 13.6 Å². The first-order chi connectivity index (χ1) is 21.2. The summed E-state index contributed by atoms with van der Waals surface area (Å²) in [7, 11) is -1.91. The van der Waals surface area contributed by atoms with Crippen LogP contribution in [0.2, 0.25) is 0 Å². The monoisotopic (exact) mass is 623 g/mol. The highest BCUT2D eigenvalue weighted by molar-refractivity contribution is 7.57. The summed E-state index contributed by atoms with van der Waals surface area (Å²) >= 11 is 0. The number of hydrogen-bond donors (Lipinski definition) is 1. The Morgan fingerprint density at radius 1 is 1.02 bits per heavy atom. The summed E-state index contributed by atoms with van der Waals surface area (Å²) in [5.74, 6) is 2.26. The summed E-state index contributed by atoms with van der Waals surface area (Å²) in [4.78, 5) is 15.0. The van der Waals surface area contributed by atoms with E-state index in [1.165, 1.54) is 19.0 Å². The van der Waals surface area contributed by atoms with Gasteiger partial charge in [0.05, 0.1) is 31.6 Å². The molecule has 4 rings (SSSR count). The average molecular weight is 624 g/mol. The number of para-hydroxylation sites is 1. The number of oxazole rings is 1. The zero-order valence-corrected chi connectivity index (χ0v) is 25.7. The molecule has 44 heavy (non-hydrogen) atoms. The van der Waals surface area contributed by atoms with Gasteiger partial charge in [-0.1, -0.05) is 24.3 Å². The fourth-order valence-electron chi connectivity index (χ4n) is 3.98. The van der Waals surface area contributed by atoms with E-state index in [0.29, 0.717) is 34.4 Å². The van der Waals surface area contributed by atoms with Crippen molar-refractivity contribution in [3.63, 3.8) is 0 Å². The zero-order chi connectivity index (χ0) is 31.5. The molecule has 0 bridgehead atoms. The van der Waals surface area contributed by atoms with Crippen molar-refractivity contribution in [2.45, 2.75) is 34.0 Å². The minimum absolute atomic E-state index is 0.0857. The molecule has 1 N–H and O–H groups in total. The third kappa shape index (κ3) is 8.70. The van der Waals surface area contributed by atoms with Gasteiger partial charge in [0, 0.05) is 24.2 Å². The number of nitrogens with zero attached hydrogens (tertiary/aromatic N) is 3. The molecule has 0 spiro atoms. The fraction of sp³-hybridized carbons (Fsp3) is 0.258. The minimum atomic E-state index is -3.44. The van der Waals surface area contributed by atoms with E-state index < -0.39 is 13.6 Å². The Morgan fingerprint density at radius 2 is 1.77 bits per heavy atom. The Balaban J connectivity index is 1.50. The van der Waals surface area contributed by atoms with Crippen LogP contribution in [0, 0.1) is 6.92 Å². The number of ether oxygens (including phenoxy) is 3. The molecule has 0 aliphatic carbocycles. The first kappa shape index (κ1) is 32.3. The summed E-state index contributed by atoms with van der Waals surface area (Å²) in [5.41, 5.74) is 2.72. The van der Waals surface area contributed by atoms with Gasteiger partial charge in [0.15, 0.2) is 11.5 Å². The fourth-order valence-corrected chi connectivity index (χ4v) is 5.29. The molecule has 0 saturated carbocycles. The van der Waals surface area contributed by atoms with Crippen LogP contribution >= 0.6 is 7.60 Å². The predicted octanol–water partition coefficient (Wildman–Crippen LogP) is 6.67. The van der Waals surface area contributed by atoms with Crippen LogP contribution in [0.1, 0.15) is 42.3 Å². The Kier molecular flexibility index (Phi) is 11.1. The first-order valence-corrected chi connectivity index (χ1v) is 15.4. The van der Waals surface area contributed by atoms with Crippen molar-refractivity contribution in [3.05, 3.63) is 95.1 Å². The largest absolute Gasteiger partial charge is 0.493 e. The lowest BCUT2D eigenvalue weighted by molar-refractivity contribution is -0.131. The number of aryl methyl sites for hydroxylation is 1. The van der Waals surface area contributed by atoms with Gasteiger partial charge in [-0.05, 0) is 56.7 Å². The number of methoxy groups -OCH3 is 1. The molecular weight excluding hydrogens is 589 g/mol. The highest BCUT2D eigenvalue weighted by Gasteiger charge is 2.20. The maximum Gasteiger partial charge on any atom is 0.354 e. The first-order valence-electron chi connectivity index (χ1n) is 13.8. The SMILES string of the molecule is CCOP(=O)(/C=C/c1cn(-c2ccccc2)nc1OCc1ccc(OCc2nc(/C=C/C(=O)O)oc2C)c(OC)c1)OCC. The van der Waals surface area contributed by atoms with E-state index >= 15 is 0 Å². The number of benzene rings is 2. The second kappa shape index (κ2) is 15.2. The van der Waals surface area contributed by atoms with Crippen LogP contribution in [0.5, 0.6) is 17.4 Å². The number of carbonyl (C=O) groups is 1. The van der Waals surface area contributed by atoms with E-state index in [1.807, 2.05) is 36.4 Å². The molecule has 0 fully saturated rings. The van der Waals surface area contributed by atoms with E-state index in [2.05, 4.69) is 10.1 Å². The van der Waals surface area contributed by atoms with E-state index in [1.54, 1.807) is 49.9 Å². The highest BCUT2D eigenvalue weighted by Crippen LogP contribution is 2.50. The van der Waals surface area contributed by atoms with Gasteiger partial charge in [0.25, 0.3) is 0 Å². The smallest absolute Gasteiger partial charge is 0.354 e. The summed E-state index contributed by atoms with van der Waals surface area (Å²) in [6.07, 6.45) is 5.62. The molecule has 2 aromatic carbocycles. The molecule has 0 radical (unpaired) electrons. The Labute approximate surface area is 255 Å². The Bertz CT molecular complexity index is 1650. The number of hydrogen-bond acceptors (Lipinski definition) is 10. The molecule has 0 atom stereocenters. The summed E-state index contributed by atoms with van der Waals surface area (Å²) in [6, 6.07) is 14.9. The van der Waals surface area contributed by atoms with Crippen LogP contribution in [0.15, 0.2) is 71.0 Å². The standard InChI is InChI=1S/C31H34N3O9P/c1-5-41-44(37,42-6-2)17-16-24-19-34(25-10-8-7-9-11-25)33-31(24)40-20-23-12-13-27(28(18-23)38-4)39-21-26-22(3)43-29(32-26)14-15-30(35)36/h7-19H,5-6,20-21H2,1-4H3,(H,35,36)/b15-14+,17-16+. The van der Waals surface area contributed by atoms with Crippen LogP contribution < -0.4 is 14.2 Å². The lowest BCUT2D eigenvalue weighted by Crippen LogP contribution is -2.02. The van der Waals surface area contributed by atoms with Crippen molar-refractivity contribution in [1.29, 1.82) is 0 Å². The average Bonchev–Trinajstić information content (AvgIpc) is 3.60. The molecule has 2 heterocycles. The van der Waals surface area contributed by atoms with Crippen molar-refractivity contribution < 1.29 is 42.1 Å². The summed E-state index contributed by atoms with van der Waals surface area (Å²) < 4.78 is 48.5. The topological polar surface area (TPSA) is 144 Å². The molecule has 232 valence electrons. The highest BCUT2D eigenvalue weighted by atomic mass is 31.2. The quantitative estimate of drug-likeness (QED) is 0.106. The van der Waals surface area contributed by atoms with Gasteiger partial charge in [-0.15, -0.1) is 5.10 Å². The van der Waals surface area contributed by atoms with Crippen LogP contribution in [0.4, 0.5) is 0 Å². The van der Waals surface area contributed by atoms with Crippen molar-refractivity contribution in [2.75, 3.05) is 20.3 Å². The van der Waals surface area contributed by atoms with E-state index in [4.69, 9.17) is 32.8 Å². The second-order valence-corrected chi connectivity index (χ2v) is 11.0. The lowest BCUT2D eigenvalue weighted by Gasteiger charge is -2.13. The van der Waals surface area contributed by atoms with Crippen LogP contribution in [0.3, 0.4) is 0 Å². The summed E-state index contributed by atoms with van der Waals surface area (Å²) in [5, 5.41) is 13.4. The van der Waals surface area contributed by atoms with Crippen molar-refractivity contribution in [3.8, 4) is 23.1 Å². The minimum Gasteiger partial charge on any atom is -0.493 e. The van der Waals surface area contributed by atoms with Gasteiger partial charge in [0.1, 0.15) is 24.7 Å². The molecular formula is C31H34N3O9P. The molecule has 0 amide bonds. The van der Waals surface area contributed by atoms with Crippen molar-refractivity contribution in [1.82, 2.24) is 14.8 Å². The van der Waals surface area contributed by atoms with Gasteiger partial charge in [-0.2, -0.15) is 0 Å². The van der Waals surface area contributed by atoms with Gasteiger partial charge in [-0.3, -0.25) is 4.57 Å². The molecule has 0 unspecified atom stereocenters. The Hall–Kier alpha value is -4.64. The maximum atomic E-state index is 13.0. The predicted molar refractivity (Wildman–Crippen MR) is 163 cm³/mol. The lowest BCUT2D eigenvalue weighted by atomic mass is 10.2. The molecule has 0 saturated heterocycles. The van der Waals surface area contributed by atoms with Crippen molar-refractivity contribution in [2.24, 2.45) is 0 Å². The van der Waals surface area contributed by atoms with Crippen LogP contribution in [-0.4, -0.2) is 46.2 Å². The third-order valence-electron chi connectivity index (χ3n) is 6.03. The molecule has 2 aromatic heterocycles. The van der Waals surface area contributed by atoms with Gasteiger partial charge < -0.3 is 32.8 Å². The number of carboxylic acids is 1. The number of carboxylic acid groups (broad SMARTS) is 1. The maximum absolute atomic E-state index is 13.0. The second-order valence-electron chi connectivity index (χ2n) is 9.15. The number of rotatable bonds is 16. The van der Waals surface area contributed by atoms with E-state index in [0.717, 1.165) is 17.3 Å². The van der Waals surface area contributed by atoms with Crippen LogP contribution in [0.25, 0.3) is 17.8 Å². The van der Waals surface area contributed by atoms with E-state index in [-0.39, 0.29) is 32.3 Å². The molecule has 12 nitrogen and oxygen atoms in total. The molecule has 0 aliphatic heterocycles. The molecule has 0 aliphatic rings. The van der Waals surface area contributed by atoms with Crippen LogP contribution in [-0.2, 0) is 31.6 Å². The third-order valence-corrected chi connectivity index (χ3v) is 7.78. The zero-order valence-electron chi connectivity index (χ0n) is 24.8. The number of aliphatic carboxylic acids is 1. The summed E-state index contributed by atoms with van der Waals surface area (Å²) in [6.45, 7) is 5.93. The van der Waals surface area contributed by atoms with Gasteiger partial charge in [0.2, 0.25) is 11.8 Å². The Morgan fingerprint density at radius 3 is 2.45 bits per heavy atom. The molecule has 4 aromatic rings.